The molecule has 1 saturated heterocycles. The van der Waals surface area contributed by atoms with Crippen LogP contribution in [0.5, 0.6) is 0 Å². The Kier molecular flexibility index (Phi) is 7.53. The molecule has 0 N–H and O–H groups in total. The maximum absolute atomic E-state index is 12.9. The molecule has 134 valence electrons. The van der Waals surface area contributed by atoms with E-state index in [2.05, 4.69) is 17.0 Å². The summed E-state index contributed by atoms with van der Waals surface area (Å²) in [5.74, 6) is -0.0309. The second-order valence-electron chi connectivity index (χ2n) is 6.60. The lowest BCUT2D eigenvalue weighted by Gasteiger charge is -2.35. The summed E-state index contributed by atoms with van der Waals surface area (Å²) in [6.07, 6.45) is 5.25. The topological polar surface area (TPSA) is 38.8 Å². The fourth-order valence-corrected chi connectivity index (χ4v) is 3.75. The molecular formula is C19H28ClNO3. The number of ether oxygens (including phenoxy) is 2. The van der Waals surface area contributed by atoms with Gasteiger partial charge in [0, 0.05) is 19.6 Å². The number of hydrogen-bond acceptors (Lipinski definition) is 4. The van der Waals surface area contributed by atoms with Gasteiger partial charge in [-0.25, -0.2) is 0 Å². The standard InChI is InChI=1S/C19H27NO3.ClH/c21-18(23-16-13-20-11-14-22-15-12-20)19(9-5-2-6-10-19)17-7-3-1-4-8-17;/h1,3-4,7-8H,2,5-6,9-16H2;1H. The molecular weight excluding hydrogens is 326 g/mol. The van der Waals surface area contributed by atoms with Crippen LogP contribution in [0.3, 0.4) is 0 Å². The van der Waals surface area contributed by atoms with Crippen molar-refractivity contribution in [2.75, 3.05) is 39.5 Å². The van der Waals surface area contributed by atoms with Crippen LogP contribution in [-0.2, 0) is 19.7 Å². The van der Waals surface area contributed by atoms with Gasteiger partial charge in [0.1, 0.15) is 6.61 Å². The molecule has 0 amide bonds. The van der Waals surface area contributed by atoms with Crippen LogP contribution in [0.15, 0.2) is 30.3 Å². The zero-order valence-electron chi connectivity index (χ0n) is 14.2. The van der Waals surface area contributed by atoms with E-state index < -0.39 is 5.41 Å². The number of carbonyl (C=O) groups excluding carboxylic acids is 1. The van der Waals surface area contributed by atoms with Gasteiger partial charge in [-0.2, -0.15) is 0 Å². The van der Waals surface area contributed by atoms with Crippen LogP contribution < -0.4 is 0 Å². The summed E-state index contributed by atoms with van der Waals surface area (Å²) in [4.78, 5) is 15.2. The second-order valence-corrected chi connectivity index (χ2v) is 6.60. The summed E-state index contributed by atoms with van der Waals surface area (Å²) in [6, 6.07) is 10.2. The van der Waals surface area contributed by atoms with Gasteiger partial charge < -0.3 is 9.47 Å². The summed E-state index contributed by atoms with van der Waals surface area (Å²) in [6.45, 7) is 4.71. The van der Waals surface area contributed by atoms with Gasteiger partial charge in [-0.3, -0.25) is 9.69 Å². The quantitative estimate of drug-likeness (QED) is 0.762. The average molecular weight is 354 g/mol. The van der Waals surface area contributed by atoms with E-state index in [4.69, 9.17) is 9.47 Å². The van der Waals surface area contributed by atoms with Crippen molar-refractivity contribution in [1.29, 1.82) is 0 Å². The molecule has 24 heavy (non-hydrogen) atoms. The molecule has 3 rings (SSSR count). The van der Waals surface area contributed by atoms with E-state index in [1.54, 1.807) is 0 Å². The number of hydrogen-bond donors (Lipinski definition) is 0. The van der Waals surface area contributed by atoms with Crippen molar-refractivity contribution < 1.29 is 14.3 Å². The Morgan fingerprint density at radius 3 is 2.42 bits per heavy atom. The predicted molar refractivity (Wildman–Crippen MR) is 96.7 cm³/mol. The number of morpholine rings is 1. The van der Waals surface area contributed by atoms with Crippen LogP contribution in [-0.4, -0.2) is 50.3 Å². The fourth-order valence-electron chi connectivity index (χ4n) is 3.75. The molecule has 0 bridgehead atoms. The maximum atomic E-state index is 12.9. The number of carbonyl (C=O) groups is 1. The van der Waals surface area contributed by atoms with Crippen LogP contribution in [0.1, 0.15) is 37.7 Å². The Morgan fingerprint density at radius 2 is 1.75 bits per heavy atom. The number of esters is 1. The first-order chi connectivity index (χ1) is 11.3. The minimum atomic E-state index is -0.426. The van der Waals surface area contributed by atoms with Gasteiger partial charge in [-0.05, 0) is 18.4 Å². The summed E-state index contributed by atoms with van der Waals surface area (Å²) in [5, 5.41) is 0. The monoisotopic (exact) mass is 353 g/mol. The molecule has 4 nitrogen and oxygen atoms in total. The highest BCUT2D eigenvalue weighted by Gasteiger charge is 2.42. The Labute approximate surface area is 150 Å². The summed E-state index contributed by atoms with van der Waals surface area (Å²) in [5.41, 5.74) is 0.695. The SMILES string of the molecule is Cl.O=C(OCCN1CCOCC1)C1(c2ccccc2)CCCCC1. The fraction of sp³-hybridized carbons (Fsp3) is 0.632. The van der Waals surface area contributed by atoms with E-state index in [1.807, 2.05) is 18.2 Å². The Morgan fingerprint density at radius 1 is 1.08 bits per heavy atom. The van der Waals surface area contributed by atoms with Crippen molar-refractivity contribution in [2.45, 2.75) is 37.5 Å². The van der Waals surface area contributed by atoms with Crippen LogP contribution in [0.25, 0.3) is 0 Å². The van der Waals surface area contributed by atoms with E-state index in [-0.39, 0.29) is 18.4 Å². The lowest BCUT2D eigenvalue weighted by atomic mass is 9.69. The smallest absolute Gasteiger partial charge is 0.316 e. The molecule has 1 saturated carbocycles. The summed E-state index contributed by atoms with van der Waals surface area (Å²) >= 11 is 0. The maximum Gasteiger partial charge on any atom is 0.316 e. The van der Waals surface area contributed by atoms with Gasteiger partial charge in [0.15, 0.2) is 0 Å². The molecule has 1 aromatic carbocycles. The molecule has 0 unspecified atom stereocenters. The van der Waals surface area contributed by atoms with Crippen LogP contribution in [0, 0.1) is 0 Å². The second kappa shape index (κ2) is 9.40. The minimum Gasteiger partial charge on any atom is -0.464 e. The number of nitrogens with zero attached hydrogens (tertiary/aromatic N) is 1. The normalized spacial score (nSPS) is 20.8. The molecule has 2 aliphatic rings. The van der Waals surface area contributed by atoms with E-state index in [9.17, 15) is 4.79 Å². The van der Waals surface area contributed by atoms with Gasteiger partial charge in [0.25, 0.3) is 0 Å². The van der Waals surface area contributed by atoms with Gasteiger partial charge in [0.2, 0.25) is 0 Å². The Hall–Kier alpha value is -1.10. The lowest BCUT2D eigenvalue weighted by molar-refractivity contribution is -0.153. The van der Waals surface area contributed by atoms with Crippen molar-refractivity contribution in [1.82, 2.24) is 4.90 Å². The molecule has 5 heteroatoms. The van der Waals surface area contributed by atoms with Crippen molar-refractivity contribution in [2.24, 2.45) is 0 Å². The van der Waals surface area contributed by atoms with E-state index >= 15 is 0 Å². The largest absolute Gasteiger partial charge is 0.464 e. The van der Waals surface area contributed by atoms with Crippen molar-refractivity contribution in [3.8, 4) is 0 Å². The highest BCUT2D eigenvalue weighted by atomic mass is 35.5. The van der Waals surface area contributed by atoms with Gasteiger partial charge in [-0.1, -0.05) is 49.6 Å². The highest BCUT2D eigenvalue weighted by molar-refractivity contribution is 5.85. The van der Waals surface area contributed by atoms with Crippen LogP contribution in [0.4, 0.5) is 0 Å². The summed E-state index contributed by atoms with van der Waals surface area (Å²) < 4.78 is 11.1. The molecule has 1 aliphatic carbocycles. The molecule has 0 aromatic heterocycles. The average Bonchev–Trinajstić information content (AvgIpc) is 2.64. The molecule has 0 radical (unpaired) electrons. The molecule has 1 aromatic rings. The van der Waals surface area contributed by atoms with E-state index in [0.717, 1.165) is 64.1 Å². The Balaban J connectivity index is 0.00000208. The van der Waals surface area contributed by atoms with Crippen molar-refractivity contribution in [3.05, 3.63) is 35.9 Å². The first-order valence-electron chi connectivity index (χ1n) is 8.84. The number of rotatable bonds is 5. The van der Waals surface area contributed by atoms with Crippen molar-refractivity contribution in [3.63, 3.8) is 0 Å². The Bertz CT molecular complexity index is 497. The minimum absolute atomic E-state index is 0. The molecule has 1 heterocycles. The molecule has 1 aliphatic heterocycles. The highest BCUT2D eigenvalue weighted by Crippen LogP contribution is 2.40. The van der Waals surface area contributed by atoms with E-state index in [1.165, 1.54) is 6.42 Å². The number of benzene rings is 1. The van der Waals surface area contributed by atoms with Gasteiger partial charge in [0.05, 0.1) is 18.6 Å². The first-order valence-corrected chi connectivity index (χ1v) is 8.84. The third-order valence-corrected chi connectivity index (χ3v) is 5.17. The van der Waals surface area contributed by atoms with Gasteiger partial charge >= 0.3 is 5.97 Å². The van der Waals surface area contributed by atoms with Crippen LogP contribution in [0.2, 0.25) is 0 Å². The van der Waals surface area contributed by atoms with Crippen molar-refractivity contribution >= 4 is 18.4 Å². The predicted octanol–water partition coefficient (Wildman–Crippen LogP) is 3.19. The third kappa shape index (κ3) is 4.50. The van der Waals surface area contributed by atoms with Crippen LogP contribution >= 0.6 is 12.4 Å². The number of halogens is 1. The van der Waals surface area contributed by atoms with Gasteiger partial charge in [-0.15, -0.1) is 12.4 Å². The first kappa shape index (κ1) is 19.2. The van der Waals surface area contributed by atoms with E-state index in [0.29, 0.717) is 6.61 Å². The zero-order valence-corrected chi connectivity index (χ0v) is 15.1. The zero-order chi connectivity index (χ0) is 16.0. The molecule has 0 spiro atoms. The summed E-state index contributed by atoms with van der Waals surface area (Å²) in [7, 11) is 0. The lowest BCUT2D eigenvalue weighted by Crippen LogP contribution is -2.42. The third-order valence-electron chi connectivity index (χ3n) is 5.17. The molecule has 0 atom stereocenters. The molecule has 2 fully saturated rings.